The highest BCUT2D eigenvalue weighted by atomic mass is 16.1. The molecule has 4 nitrogen and oxygen atoms in total. The first-order valence-corrected chi connectivity index (χ1v) is 5.32. The normalized spacial score (nSPS) is 20.6. The fourth-order valence-corrected chi connectivity index (χ4v) is 2.08. The Bertz CT molecular complexity index is 357. The SMILES string of the molecule is O=C(c1nc2n(n1)CCC2)C1CCC1. The first kappa shape index (κ1) is 8.15. The second-order valence-corrected chi connectivity index (χ2v) is 4.17. The van der Waals surface area contributed by atoms with Crippen molar-refractivity contribution < 1.29 is 4.79 Å². The van der Waals surface area contributed by atoms with Crippen LogP contribution < -0.4 is 0 Å². The maximum absolute atomic E-state index is 11.8. The Balaban J connectivity index is 1.85. The largest absolute Gasteiger partial charge is 0.290 e. The number of hydrogen-bond acceptors (Lipinski definition) is 3. The lowest BCUT2D eigenvalue weighted by molar-refractivity contribution is 0.0843. The van der Waals surface area contributed by atoms with Crippen LogP contribution in [0.1, 0.15) is 42.1 Å². The Kier molecular flexibility index (Phi) is 1.69. The number of aromatic nitrogens is 3. The predicted molar refractivity (Wildman–Crippen MR) is 50.0 cm³/mol. The van der Waals surface area contributed by atoms with Crippen molar-refractivity contribution in [1.82, 2.24) is 14.8 Å². The van der Waals surface area contributed by atoms with Crippen LogP contribution in [0.25, 0.3) is 0 Å². The Morgan fingerprint density at radius 1 is 1.36 bits per heavy atom. The minimum absolute atomic E-state index is 0.165. The number of carbonyl (C=O) groups is 1. The molecular formula is C10H13N3O. The third-order valence-electron chi connectivity index (χ3n) is 3.21. The van der Waals surface area contributed by atoms with E-state index in [1.807, 2.05) is 4.68 Å². The van der Waals surface area contributed by atoms with Crippen LogP contribution in [0.4, 0.5) is 0 Å². The van der Waals surface area contributed by atoms with Gasteiger partial charge >= 0.3 is 0 Å². The summed E-state index contributed by atoms with van der Waals surface area (Å²) < 4.78 is 1.88. The summed E-state index contributed by atoms with van der Waals surface area (Å²) in [5, 5.41) is 4.25. The van der Waals surface area contributed by atoms with E-state index in [0.717, 1.165) is 38.1 Å². The molecule has 2 heterocycles. The van der Waals surface area contributed by atoms with E-state index in [9.17, 15) is 4.79 Å². The van der Waals surface area contributed by atoms with Crippen LogP contribution in [0.15, 0.2) is 0 Å². The molecule has 0 unspecified atom stereocenters. The van der Waals surface area contributed by atoms with Crippen LogP contribution in [0.3, 0.4) is 0 Å². The zero-order valence-electron chi connectivity index (χ0n) is 8.07. The number of Topliss-reactive ketones (excluding diaryl/α,β-unsaturated/α-hetero) is 1. The molecule has 1 aliphatic heterocycles. The standard InChI is InChI=1S/C10H13N3O/c14-9(7-3-1-4-7)10-11-8-5-2-6-13(8)12-10/h7H,1-6H2. The number of rotatable bonds is 2. The molecule has 1 aromatic rings. The van der Waals surface area contributed by atoms with Gasteiger partial charge in [-0.1, -0.05) is 6.42 Å². The molecule has 1 fully saturated rings. The third-order valence-corrected chi connectivity index (χ3v) is 3.21. The number of aryl methyl sites for hydroxylation is 2. The molecule has 4 heteroatoms. The monoisotopic (exact) mass is 191 g/mol. The molecule has 1 aromatic heterocycles. The molecular weight excluding hydrogens is 178 g/mol. The van der Waals surface area contributed by atoms with Crippen molar-refractivity contribution in [3.05, 3.63) is 11.6 Å². The van der Waals surface area contributed by atoms with Gasteiger partial charge in [-0.3, -0.25) is 4.79 Å². The van der Waals surface area contributed by atoms with Crippen LogP contribution >= 0.6 is 0 Å². The van der Waals surface area contributed by atoms with E-state index in [2.05, 4.69) is 10.1 Å². The highest BCUT2D eigenvalue weighted by Crippen LogP contribution is 2.29. The Morgan fingerprint density at radius 3 is 2.86 bits per heavy atom. The predicted octanol–water partition coefficient (Wildman–Crippen LogP) is 1.21. The molecule has 0 atom stereocenters. The van der Waals surface area contributed by atoms with Gasteiger partial charge in [0, 0.05) is 18.9 Å². The van der Waals surface area contributed by atoms with E-state index < -0.39 is 0 Å². The smallest absolute Gasteiger partial charge is 0.217 e. The van der Waals surface area contributed by atoms with Crippen LogP contribution in [0, 0.1) is 5.92 Å². The molecule has 1 saturated carbocycles. The molecule has 1 aliphatic carbocycles. The molecule has 0 bridgehead atoms. The minimum Gasteiger partial charge on any atom is -0.290 e. The van der Waals surface area contributed by atoms with Gasteiger partial charge < -0.3 is 0 Å². The van der Waals surface area contributed by atoms with E-state index in [0.29, 0.717) is 5.82 Å². The zero-order chi connectivity index (χ0) is 9.54. The van der Waals surface area contributed by atoms with Gasteiger partial charge in [0.2, 0.25) is 11.6 Å². The summed E-state index contributed by atoms with van der Waals surface area (Å²) in [6, 6.07) is 0. The quantitative estimate of drug-likeness (QED) is 0.660. The molecule has 0 aromatic carbocycles. The summed E-state index contributed by atoms with van der Waals surface area (Å²) in [7, 11) is 0. The summed E-state index contributed by atoms with van der Waals surface area (Å²) >= 11 is 0. The lowest BCUT2D eigenvalue weighted by atomic mass is 9.82. The number of hydrogen-bond donors (Lipinski definition) is 0. The Hall–Kier alpha value is -1.19. The lowest BCUT2D eigenvalue weighted by Crippen LogP contribution is -2.23. The molecule has 0 radical (unpaired) electrons. The van der Waals surface area contributed by atoms with Gasteiger partial charge in [-0.15, -0.1) is 5.10 Å². The number of ketones is 1. The van der Waals surface area contributed by atoms with Gasteiger partial charge in [0.05, 0.1) is 0 Å². The van der Waals surface area contributed by atoms with Crippen molar-refractivity contribution in [2.24, 2.45) is 5.92 Å². The molecule has 14 heavy (non-hydrogen) atoms. The van der Waals surface area contributed by atoms with Crippen molar-refractivity contribution in [3.8, 4) is 0 Å². The molecule has 74 valence electrons. The number of nitrogens with zero attached hydrogens (tertiary/aromatic N) is 3. The van der Waals surface area contributed by atoms with Crippen molar-refractivity contribution in [1.29, 1.82) is 0 Å². The third kappa shape index (κ3) is 1.10. The highest BCUT2D eigenvalue weighted by molar-refractivity contribution is 5.94. The van der Waals surface area contributed by atoms with Crippen molar-refractivity contribution in [2.75, 3.05) is 0 Å². The summed E-state index contributed by atoms with van der Waals surface area (Å²) in [5.74, 6) is 1.84. The van der Waals surface area contributed by atoms with E-state index >= 15 is 0 Å². The number of fused-ring (bicyclic) bond motifs is 1. The Morgan fingerprint density at radius 2 is 2.21 bits per heavy atom. The van der Waals surface area contributed by atoms with Crippen molar-refractivity contribution >= 4 is 5.78 Å². The molecule has 0 saturated heterocycles. The second kappa shape index (κ2) is 2.90. The summed E-state index contributed by atoms with van der Waals surface area (Å²) in [5.41, 5.74) is 0. The van der Waals surface area contributed by atoms with Crippen LogP contribution in [-0.4, -0.2) is 20.5 Å². The summed E-state index contributed by atoms with van der Waals surface area (Å²) in [4.78, 5) is 16.1. The van der Waals surface area contributed by atoms with Gasteiger partial charge in [0.1, 0.15) is 5.82 Å². The van der Waals surface area contributed by atoms with Gasteiger partial charge in [-0.2, -0.15) is 0 Å². The number of carbonyl (C=O) groups excluding carboxylic acids is 1. The van der Waals surface area contributed by atoms with E-state index in [-0.39, 0.29) is 11.7 Å². The van der Waals surface area contributed by atoms with E-state index in [4.69, 9.17) is 0 Å². The van der Waals surface area contributed by atoms with Crippen LogP contribution in [0.5, 0.6) is 0 Å². The topological polar surface area (TPSA) is 47.8 Å². The highest BCUT2D eigenvalue weighted by Gasteiger charge is 2.30. The maximum Gasteiger partial charge on any atom is 0.217 e. The van der Waals surface area contributed by atoms with Gasteiger partial charge in [0.25, 0.3) is 0 Å². The molecule has 0 N–H and O–H groups in total. The fourth-order valence-electron chi connectivity index (χ4n) is 2.08. The second-order valence-electron chi connectivity index (χ2n) is 4.17. The average Bonchev–Trinajstić information content (AvgIpc) is 2.56. The minimum atomic E-state index is 0.165. The first-order valence-electron chi connectivity index (χ1n) is 5.32. The van der Waals surface area contributed by atoms with Gasteiger partial charge in [-0.05, 0) is 19.3 Å². The molecule has 2 aliphatic rings. The lowest BCUT2D eigenvalue weighted by Gasteiger charge is -2.21. The van der Waals surface area contributed by atoms with Crippen LogP contribution in [0.2, 0.25) is 0 Å². The fraction of sp³-hybridized carbons (Fsp3) is 0.700. The molecule has 0 amide bonds. The molecule has 0 spiro atoms. The first-order chi connectivity index (χ1) is 6.84. The molecule has 3 rings (SSSR count). The van der Waals surface area contributed by atoms with Crippen molar-refractivity contribution in [3.63, 3.8) is 0 Å². The van der Waals surface area contributed by atoms with Gasteiger partial charge in [0.15, 0.2) is 0 Å². The van der Waals surface area contributed by atoms with Crippen molar-refractivity contribution in [2.45, 2.75) is 38.6 Å². The van der Waals surface area contributed by atoms with Gasteiger partial charge in [-0.25, -0.2) is 9.67 Å². The zero-order valence-corrected chi connectivity index (χ0v) is 8.07. The maximum atomic E-state index is 11.8. The average molecular weight is 191 g/mol. The Labute approximate surface area is 82.3 Å². The van der Waals surface area contributed by atoms with E-state index in [1.54, 1.807) is 0 Å². The summed E-state index contributed by atoms with van der Waals surface area (Å²) in [6.45, 7) is 0.931. The summed E-state index contributed by atoms with van der Waals surface area (Å²) in [6.07, 6.45) is 5.34. The van der Waals surface area contributed by atoms with Crippen LogP contribution in [-0.2, 0) is 13.0 Å². The van der Waals surface area contributed by atoms with E-state index in [1.165, 1.54) is 6.42 Å².